The first-order valence-corrected chi connectivity index (χ1v) is 10.9. The zero-order chi connectivity index (χ0) is 20.6. The summed E-state index contributed by atoms with van der Waals surface area (Å²) in [6, 6.07) is 4.98. The lowest BCUT2D eigenvalue weighted by atomic mass is 9.83. The molecule has 0 unspecified atom stereocenters. The van der Waals surface area contributed by atoms with Crippen LogP contribution in [0.1, 0.15) is 62.7 Å². The van der Waals surface area contributed by atoms with E-state index < -0.39 is 11.8 Å². The molecule has 1 aromatic rings. The molecule has 1 aliphatic carbocycles. The Kier molecular flexibility index (Phi) is 5.65. The number of piperidine rings is 1. The van der Waals surface area contributed by atoms with Crippen molar-refractivity contribution in [3.8, 4) is 0 Å². The van der Waals surface area contributed by atoms with Crippen molar-refractivity contribution in [3.05, 3.63) is 35.6 Å². The van der Waals surface area contributed by atoms with Gasteiger partial charge >= 0.3 is 0 Å². The van der Waals surface area contributed by atoms with Crippen LogP contribution < -0.4 is 0 Å². The molecule has 1 aromatic carbocycles. The number of hydrogen-bond acceptors (Lipinski definition) is 3. The average Bonchev–Trinajstić information content (AvgIpc) is 3.09. The normalized spacial score (nSPS) is 30.7. The lowest BCUT2D eigenvalue weighted by Gasteiger charge is -2.43. The van der Waals surface area contributed by atoms with Gasteiger partial charge < -0.3 is 9.64 Å². The summed E-state index contributed by atoms with van der Waals surface area (Å²) in [5.74, 6) is 0.589. The second-order valence-electron chi connectivity index (χ2n) is 9.15. The number of ether oxygens (including phenoxy) is 1. The number of likely N-dealkylation sites (tertiary alicyclic amines) is 1. The molecule has 0 radical (unpaired) electrons. The van der Waals surface area contributed by atoms with Crippen molar-refractivity contribution in [1.82, 2.24) is 9.80 Å². The highest BCUT2D eigenvalue weighted by Crippen LogP contribution is 2.43. The number of carbonyl (C=O) groups is 2. The largest absolute Gasteiger partial charge is 0.353 e. The van der Waals surface area contributed by atoms with Gasteiger partial charge in [-0.2, -0.15) is 0 Å². The Hall–Kier alpha value is -1.95. The number of nitrogens with zero attached hydrogens (tertiary/aromatic N) is 2. The van der Waals surface area contributed by atoms with Crippen LogP contribution in [0, 0.1) is 17.7 Å². The summed E-state index contributed by atoms with van der Waals surface area (Å²) in [5.41, 5.74) is -0.318. The van der Waals surface area contributed by atoms with Gasteiger partial charge in [-0.1, -0.05) is 13.8 Å². The molecular formula is C23H31FN2O3. The van der Waals surface area contributed by atoms with Crippen molar-refractivity contribution in [2.24, 2.45) is 11.8 Å². The molecule has 29 heavy (non-hydrogen) atoms. The molecule has 5 nitrogen and oxygen atoms in total. The molecule has 1 atom stereocenters. The minimum atomic E-state index is -0.721. The second kappa shape index (κ2) is 8.05. The van der Waals surface area contributed by atoms with Crippen molar-refractivity contribution in [3.63, 3.8) is 0 Å². The molecule has 2 heterocycles. The Bertz CT molecular complexity index is 750. The van der Waals surface area contributed by atoms with Crippen LogP contribution in [0.3, 0.4) is 0 Å². The highest BCUT2D eigenvalue weighted by molar-refractivity contribution is 5.98. The number of carbonyl (C=O) groups excluding carboxylic acids is 2. The Morgan fingerprint density at radius 3 is 2.21 bits per heavy atom. The smallest absolute Gasteiger partial charge is 0.256 e. The minimum Gasteiger partial charge on any atom is -0.353 e. The molecule has 2 saturated heterocycles. The third-order valence-corrected chi connectivity index (χ3v) is 7.01. The van der Waals surface area contributed by atoms with Gasteiger partial charge in [0.15, 0.2) is 0 Å². The van der Waals surface area contributed by atoms with E-state index in [1.54, 1.807) is 4.90 Å². The van der Waals surface area contributed by atoms with Crippen LogP contribution in [-0.2, 0) is 9.53 Å². The van der Waals surface area contributed by atoms with Gasteiger partial charge in [0.05, 0.1) is 6.61 Å². The molecule has 0 bridgehead atoms. The maximum absolute atomic E-state index is 13.5. The summed E-state index contributed by atoms with van der Waals surface area (Å²) in [6.07, 6.45) is 5.40. The zero-order valence-electron chi connectivity index (χ0n) is 17.4. The molecule has 0 N–H and O–H groups in total. The first-order valence-electron chi connectivity index (χ1n) is 10.9. The van der Waals surface area contributed by atoms with Crippen molar-refractivity contribution >= 4 is 11.8 Å². The van der Waals surface area contributed by atoms with E-state index in [2.05, 4.69) is 13.8 Å². The molecule has 6 heteroatoms. The van der Waals surface area contributed by atoms with E-state index in [4.69, 9.17) is 4.74 Å². The Morgan fingerprint density at radius 1 is 1.00 bits per heavy atom. The Labute approximate surface area is 172 Å². The summed E-state index contributed by atoms with van der Waals surface area (Å²) in [5, 5.41) is 0. The Morgan fingerprint density at radius 2 is 1.59 bits per heavy atom. The highest BCUT2D eigenvalue weighted by Gasteiger charge is 2.54. The molecule has 2 amide bonds. The first-order chi connectivity index (χ1) is 13.9. The molecule has 1 saturated carbocycles. The average molecular weight is 403 g/mol. The van der Waals surface area contributed by atoms with E-state index in [1.165, 1.54) is 24.3 Å². The second-order valence-corrected chi connectivity index (χ2v) is 9.15. The van der Waals surface area contributed by atoms with Gasteiger partial charge in [0.2, 0.25) is 5.91 Å². The van der Waals surface area contributed by atoms with Gasteiger partial charge in [0.25, 0.3) is 5.91 Å². The summed E-state index contributed by atoms with van der Waals surface area (Å²) in [6.45, 7) is 6.14. The molecule has 1 spiro atoms. The lowest BCUT2D eigenvalue weighted by Crippen LogP contribution is -2.58. The van der Waals surface area contributed by atoms with Crippen molar-refractivity contribution in [1.29, 1.82) is 0 Å². The van der Waals surface area contributed by atoms with Gasteiger partial charge in [0.1, 0.15) is 17.6 Å². The SMILES string of the molecule is CC1CCN(C(=O)[C@@H]2COC3(CCC(C)CC3)N2C(=O)c2ccc(F)cc2)CC1. The molecule has 3 fully saturated rings. The number of amides is 2. The number of rotatable bonds is 2. The maximum atomic E-state index is 13.5. The number of halogens is 1. The summed E-state index contributed by atoms with van der Waals surface area (Å²) >= 11 is 0. The van der Waals surface area contributed by atoms with Crippen molar-refractivity contribution in [2.75, 3.05) is 19.7 Å². The van der Waals surface area contributed by atoms with E-state index in [0.29, 0.717) is 17.4 Å². The van der Waals surface area contributed by atoms with Crippen LogP contribution in [0.15, 0.2) is 24.3 Å². The van der Waals surface area contributed by atoms with Gasteiger partial charge in [-0.25, -0.2) is 4.39 Å². The van der Waals surface area contributed by atoms with Gasteiger partial charge in [-0.05, 0) is 74.6 Å². The van der Waals surface area contributed by atoms with E-state index >= 15 is 0 Å². The minimum absolute atomic E-state index is 0.0112. The van der Waals surface area contributed by atoms with Crippen LogP contribution in [0.25, 0.3) is 0 Å². The predicted molar refractivity (Wildman–Crippen MR) is 108 cm³/mol. The molecule has 4 rings (SSSR count). The van der Waals surface area contributed by atoms with Crippen LogP contribution in [0.4, 0.5) is 4.39 Å². The third-order valence-electron chi connectivity index (χ3n) is 7.01. The topological polar surface area (TPSA) is 49.9 Å². The van der Waals surface area contributed by atoms with Crippen LogP contribution in [-0.4, -0.2) is 53.1 Å². The van der Waals surface area contributed by atoms with Gasteiger partial charge in [0, 0.05) is 18.7 Å². The van der Waals surface area contributed by atoms with Crippen LogP contribution in [0.5, 0.6) is 0 Å². The third kappa shape index (κ3) is 3.91. The fraction of sp³-hybridized carbons (Fsp3) is 0.652. The van der Waals surface area contributed by atoms with Gasteiger partial charge in [-0.15, -0.1) is 0 Å². The summed E-state index contributed by atoms with van der Waals surface area (Å²) in [7, 11) is 0. The molecule has 0 aromatic heterocycles. The quantitative estimate of drug-likeness (QED) is 0.755. The van der Waals surface area contributed by atoms with Crippen LogP contribution in [0.2, 0.25) is 0 Å². The van der Waals surface area contributed by atoms with E-state index in [-0.39, 0.29) is 24.2 Å². The maximum Gasteiger partial charge on any atom is 0.256 e. The van der Waals surface area contributed by atoms with Gasteiger partial charge in [-0.3, -0.25) is 14.5 Å². The number of hydrogen-bond donors (Lipinski definition) is 0. The fourth-order valence-corrected chi connectivity index (χ4v) is 4.94. The first kappa shape index (κ1) is 20.3. The summed E-state index contributed by atoms with van der Waals surface area (Å²) < 4.78 is 19.6. The molecule has 158 valence electrons. The lowest BCUT2D eigenvalue weighted by molar-refractivity contribution is -0.139. The van der Waals surface area contributed by atoms with Crippen molar-refractivity contribution in [2.45, 2.75) is 64.1 Å². The van der Waals surface area contributed by atoms with Crippen LogP contribution >= 0.6 is 0 Å². The standard InChI is InChI=1S/C23H31FN2O3/c1-16-7-11-23(12-8-16)26(21(27)18-3-5-19(24)6-4-18)20(15-29-23)22(28)25-13-9-17(2)10-14-25/h3-6,16-17,20H,7-15H2,1-2H3/t16?,20-,23?/m0/s1. The number of benzene rings is 1. The highest BCUT2D eigenvalue weighted by atomic mass is 19.1. The van der Waals surface area contributed by atoms with E-state index in [1.807, 2.05) is 4.90 Å². The summed E-state index contributed by atoms with van der Waals surface area (Å²) in [4.78, 5) is 30.5. The molecule has 3 aliphatic rings. The molecule has 2 aliphatic heterocycles. The van der Waals surface area contributed by atoms with E-state index in [0.717, 1.165) is 51.6 Å². The van der Waals surface area contributed by atoms with Crippen molar-refractivity contribution < 1.29 is 18.7 Å². The molecular weight excluding hydrogens is 371 g/mol. The Balaban J connectivity index is 1.62. The predicted octanol–water partition coefficient (Wildman–Crippen LogP) is 3.83. The zero-order valence-corrected chi connectivity index (χ0v) is 17.4. The monoisotopic (exact) mass is 402 g/mol. The van der Waals surface area contributed by atoms with E-state index in [9.17, 15) is 14.0 Å². The fourth-order valence-electron chi connectivity index (χ4n) is 4.94.